The van der Waals surface area contributed by atoms with Crippen LogP contribution in [0.15, 0.2) is 58.4 Å². The standard InChI is InChI=1S/C32H40ClFN8O3S/c1-19(36)3-2-4-20-13-25(30(34)26(33)14-20)28-15-22-17-42(32(43)41-31(22)40-28)24-7-5-21(6-8-24)27-10-12-46(44,45)18-23(39-27)9-11-38-29(37)16-35/h5-8,13-15,17,19,23,27,39H,2-4,9-12,16,18,35-36H2,1H3,(H2,37,38)(H,40,41,43)/t19-,23+,27-/m0/s1. The highest BCUT2D eigenvalue weighted by Crippen LogP contribution is 2.31. The van der Waals surface area contributed by atoms with Crippen LogP contribution in [0.25, 0.3) is 28.0 Å². The summed E-state index contributed by atoms with van der Waals surface area (Å²) in [6.45, 7) is 2.48. The molecule has 0 saturated carbocycles. The number of nitrogens with one attached hydrogen (secondary N) is 2. The normalized spacial score (nSPS) is 19.3. The number of rotatable bonds is 11. The molecule has 0 spiro atoms. The molecule has 1 saturated heterocycles. The van der Waals surface area contributed by atoms with E-state index in [1.54, 1.807) is 36.5 Å². The molecule has 5 rings (SSSR count). The Morgan fingerprint density at radius 2 is 2.00 bits per heavy atom. The molecule has 0 aliphatic carbocycles. The molecule has 14 heteroatoms. The SMILES string of the molecule is C[C@H](N)CCCc1cc(Cl)c(F)c(-c2cc3cn(-c4ccc([C@@H]5CCS(=O)(=O)C[C@@H](CCN=C(N)CN)N5)cc4)c(=O)nc3[nH]2)c1. The molecule has 4 aromatic rings. The Bertz CT molecular complexity index is 1890. The minimum atomic E-state index is -3.24. The van der Waals surface area contributed by atoms with Crippen LogP contribution in [0, 0.1) is 5.82 Å². The maximum Gasteiger partial charge on any atom is 0.354 e. The number of aromatic amines is 1. The van der Waals surface area contributed by atoms with Gasteiger partial charge in [0.1, 0.15) is 11.5 Å². The zero-order valence-electron chi connectivity index (χ0n) is 25.7. The third-order valence-electron chi connectivity index (χ3n) is 8.20. The first kappa shape index (κ1) is 33.7. The van der Waals surface area contributed by atoms with E-state index in [1.807, 2.05) is 19.1 Å². The maximum atomic E-state index is 15.1. The molecule has 0 amide bonds. The highest BCUT2D eigenvalue weighted by atomic mass is 35.5. The molecular formula is C32H40ClFN8O3S. The van der Waals surface area contributed by atoms with Crippen LogP contribution >= 0.6 is 11.6 Å². The van der Waals surface area contributed by atoms with E-state index in [9.17, 15) is 13.2 Å². The highest BCUT2D eigenvalue weighted by molar-refractivity contribution is 7.91. The average Bonchev–Trinajstić information content (AvgIpc) is 3.35. The average molecular weight is 671 g/mol. The lowest BCUT2D eigenvalue weighted by molar-refractivity contribution is 0.444. The van der Waals surface area contributed by atoms with Crippen LogP contribution < -0.4 is 28.2 Å². The van der Waals surface area contributed by atoms with Gasteiger partial charge in [0.05, 0.1) is 34.5 Å². The summed E-state index contributed by atoms with van der Waals surface area (Å²) in [4.78, 5) is 24.6. The molecule has 246 valence electrons. The Morgan fingerprint density at radius 1 is 1.24 bits per heavy atom. The summed E-state index contributed by atoms with van der Waals surface area (Å²) in [5.74, 6) is -0.136. The van der Waals surface area contributed by atoms with Gasteiger partial charge in [-0.1, -0.05) is 23.7 Å². The number of sulfone groups is 1. The van der Waals surface area contributed by atoms with E-state index in [0.29, 0.717) is 59.6 Å². The van der Waals surface area contributed by atoms with Crippen LogP contribution in [-0.4, -0.2) is 65.5 Å². The third kappa shape index (κ3) is 8.20. The van der Waals surface area contributed by atoms with Gasteiger partial charge in [-0.05, 0) is 80.5 Å². The number of hydrogen-bond donors (Lipinski definition) is 5. The Labute approximate surface area is 272 Å². The number of H-pyrrole nitrogens is 1. The van der Waals surface area contributed by atoms with Gasteiger partial charge in [0, 0.05) is 41.8 Å². The fourth-order valence-electron chi connectivity index (χ4n) is 5.77. The van der Waals surface area contributed by atoms with Crippen molar-refractivity contribution >= 4 is 38.3 Å². The van der Waals surface area contributed by atoms with Crippen molar-refractivity contribution in [2.24, 2.45) is 22.2 Å². The van der Waals surface area contributed by atoms with E-state index >= 15 is 4.39 Å². The minimum absolute atomic E-state index is 0.0212. The topological polar surface area (TPSA) is 187 Å². The number of benzene rings is 2. The summed E-state index contributed by atoms with van der Waals surface area (Å²) in [7, 11) is -3.24. The van der Waals surface area contributed by atoms with Gasteiger partial charge in [0.2, 0.25) is 0 Å². The lowest BCUT2D eigenvalue weighted by atomic mass is 10.0. The Kier molecular flexibility index (Phi) is 10.6. The van der Waals surface area contributed by atoms with Crippen LogP contribution in [0.3, 0.4) is 0 Å². The molecule has 3 atom stereocenters. The molecule has 1 aliphatic heterocycles. The Balaban J connectivity index is 1.37. The molecule has 3 heterocycles. The zero-order valence-corrected chi connectivity index (χ0v) is 27.2. The third-order valence-corrected chi connectivity index (χ3v) is 10.2. The second-order valence-corrected chi connectivity index (χ2v) is 14.6. The number of aromatic nitrogens is 3. The van der Waals surface area contributed by atoms with Crippen LogP contribution in [0.1, 0.15) is 49.8 Å². The minimum Gasteiger partial charge on any atom is -0.386 e. The number of aliphatic imine (C=N–C) groups is 1. The molecule has 2 aromatic carbocycles. The second-order valence-electron chi connectivity index (χ2n) is 12.0. The second kappa shape index (κ2) is 14.4. The van der Waals surface area contributed by atoms with Crippen LogP contribution in [0.2, 0.25) is 5.02 Å². The van der Waals surface area contributed by atoms with Crippen molar-refractivity contribution in [2.75, 3.05) is 24.6 Å². The number of nitrogens with zero attached hydrogens (tertiary/aromatic N) is 3. The van der Waals surface area contributed by atoms with Crippen molar-refractivity contribution in [1.29, 1.82) is 0 Å². The fraction of sp³-hybridized carbons (Fsp3) is 0.406. The molecule has 11 nitrogen and oxygen atoms in total. The Morgan fingerprint density at radius 3 is 2.72 bits per heavy atom. The number of halogens is 2. The van der Waals surface area contributed by atoms with Gasteiger partial charge in [0.25, 0.3) is 0 Å². The molecule has 2 aromatic heterocycles. The van der Waals surface area contributed by atoms with Gasteiger partial charge in [-0.15, -0.1) is 0 Å². The largest absolute Gasteiger partial charge is 0.386 e. The number of fused-ring (bicyclic) bond motifs is 1. The Hall–Kier alpha value is -3.62. The number of amidine groups is 1. The summed E-state index contributed by atoms with van der Waals surface area (Å²) >= 11 is 6.25. The van der Waals surface area contributed by atoms with Gasteiger partial charge >= 0.3 is 5.69 Å². The van der Waals surface area contributed by atoms with Crippen molar-refractivity contribution < 1.29 is 12.8 Å². The van der Waals surface area contributed by atoms with Gasteiger partial charge in [-0.25, -0.2) is 17.6 Å². The highest BCUT2D eigenvalue weighted by Gasteiger charge is 2.28. The number of nitrogens with two attached hydrogens (primary N) is 3. The van der Waals surface area contributed by atoms with Crippen LogP contribution in [-0.2, 0) is 16.3 Å². The molecule has 0 radical (unpaired) electrons. The monoisotopic (exact) mass is 670 g/mol. The zero-order chi connectivity index (χ0) is 33.0. The van der Waals surface area contributed by atoms with E-state index < -0.39 is 21.3 Å². The smallest absolute Gasteiger partial charge is 0.354 e. The van der Waals surface area contributed by atoms with E-state index in [1.165, 1.54) is 4.57 Å². The maximum absolute atomic E-state index is 15.1. The van der Waals surface area contributed by atoms with Crippen molar-refractivity contribution in [1.82, 2.24) is 19.9 Å². The van der Waals surface area contributed by atoms with E-state index in [2.05, 4.69) is 20.3 Å². The van der Waals surface area contributed by atoms with Crippen molar-refractivity contribution in [3.8, 4) is 16.9 Å². The molecule has 8 N–H and O–H groups in total. The lowest BCUT2D eigenvalue weighted by Crippen LogP contribution is -2.36. The fourth-order valence-corrected chi connectivity index (χ4v) is 7.65. The molecule has 0 bridgehead atoms. The number of aryl methyl sites for hydroxylation is 1. The predicted octanol–water partition coefficient (Wildman–Crippen LogP) is 3.37. The van der Waals surface area contributed by atoms with Gasteiger partial charge in [-0.3, -0.25) is 9.56 Å². The van der Waals surface area contributed by atoms with Gasteiger partial charge < -0.3 is 27.5 Å². The van der Waals surface area contributed by atoms with E-state index in [0.717, 1.165) is 24.0 Å². The van der Waals surface area contributed by atoms with Gasteiger partial charge in [0.15, 0.2) is 15.7 Å². The molecule has 1 aliphatic rings. The van der Waals surface area contributed by atoms with Crippen molar-refractivity contribution in [3.05, 3.63) is 81.1 Å². The summed E-state index contributed by atoms with van der Waals surface area (Å²) in [6.07, 6.45) is 4.98. The molecular weight excluding hydrogens is 631 g/mol. The van der Waals surface area contributed by atoms with Crippen LogP contribution in [0.5, 0.6) is 0 Å². The van der Waals surface area contributed by atoms with Gasteiger partial charge in [-0.2, -0.15) is 4.98 Å². The summed E-state index contributed by atoms with van der Waals surface area (Å²) < 4.78 is 41.8. The number of hydrogen-bond acceptors (Lipinski definition) is 8. The first-order valence-electron chi connectivity index (χ1n) is 15.3. The van der Waals surface area contributed by atoms with Crippen molar-refractivity contribution in [2.45, 2.75) is 57.2 Å². The predicted molar refractivity (Wildman–Crippen MR) is 182 cm³/mol. The molecule has 46 heavy (non-hydrogen) atoms. The molecule has 0 unspecified atom stereocenters. The first-order valence-corrected chi connectivity index (χ1v) is 17.5. The van der Waals surface area contributed by atoms with E-state index in [4.69, 9.17) is 28.8 Å². The summed E-state index contributed by atoms with van der Waals surface area (Å²) in [6, 6.07) is 12.1. The summed E-state index contributed by atoms with van der Waals surface area (Å²) in [5, 5.41) is 4.11. The first-order chi connectivity index (χ1) is 21.9. The van der Waals surface area contributed by atoms with Crippen LogP contribution in [0.4, 0.5) is 4.39 Å². The quantitative estimate of drug-likeness (QED) is 0.119. The van der Waals surface area contributed by atoms with E-state index in [-0.39, 0.29) is 41.2 Å². The summed E-state index contributed by atoms with van der Waals surface area (Å²) in [5.41, 5.74) is 20.0. The van der Waals surface area contributed by atoms with Crippen molar-refractivity contribution in [3.63, 3.8) is 0 Å². The lowest BCUT2D eigenvalue weighted by Gasteiger charge is -2.22. The molecule has 1 fully saturated rings.